The van der Waals surface area contributed by atoms with Gasteiger partial charge in [-0.15, -0.1) is 11.3 Å². The Morgan fingerprint density at radius 2 is 2.14 bits per heavy atom. The molecule has 3 atom stereocenters. The van der Waals surface area contributed by atoms with Crippen LogP contribution in [0.1, 0.15) is 51.6 Å². The molecule has 0 unspecified atom stereocenters. The average Bonchev–Trinajstić information content (AvgIpc) is 3.44. The van der Waals surface area contributed by atoms with Crippen molar-refractivity contribution in [2.45, 2.75) is 37.5 Å². The molecule has 0 radical (unpaired) electrons. The first kappa shape index (κ1) is 13.9. The van der Waals surface area contributed by atoms with Gasteiger partial charge in [0.15, 0.2) is 0 Å². The third-order valence-corrected chi connectivity index (χ3v) is 5.81. The molecule has 2 aliphatic rings. The Hall–Kier alpha value is -1.72. The molecular formula is C17H18N2O2S. The number of pyridine rings is 1. The molecule has 22 heavy (non-hydrogen) atoms. The standard InChI is InChI=1S/C17H18N2O2S/c1-9-2-5-13(22-9)15-14(16(15)17(20)19-21)11-6-7-18-12(8-11)10-3-4-10/h2,5-8,10,14-16,21H,3-4H2,1H3,(H,19,20)/t14-,15-,16+/m1/s1. The summed E-state index contributed by atoms with van der Waals surface area (Å²) in [5.74, 6) is 0.445. The second-order valence-electron chi connectivity index (χ2n) is 6.29. The highest BCUT2D eigenvalue weighted by Gasteiger charge is 2.56. The summed E-state index contributed by atoms with van der Waals surface area (Å²) in [5, 5.41) is 9.02. The number of hydroxylamine groups is 1. The van der Waals surface area contributed by atoms with Crippen molar-refractivity contribution in [1.82, 2.24) is 10.5 Å². The fourth-order valence-corrected chi connectivity index (χ4v) is 4.46. The fourth-order valence-electron chi connectivity index (χ4n) is 3.39. The van der Waals surface area contributed by atoms with Gasteiger partial charge in [0.2, 0.25) is 5.91 Å². The van der Waals surface area contributed by atoms with Gasteiger partial charge in [-0.3, -0.25) is 15.0 Å². The zero-order valence-corrected chi connectivity index (χ0v) is 13.1. The van der Waals surface area contributed by atoms with E-state index in [-0.39, 0.29) is 23.7 Å². The Balaban J connectivity index is 1.66. The molecule has 1 amide bonds. The molecule has 2 aromatic heterocycles. The summed E-state index contributed by atoms with van der Waals surface area (Å²) >= 11 is 1.73. The summed E-state index contributed by atoms with van der Waals surface area (Å²) in [6.07, 6.45) is 4.29. The zero-order chi connectivity index (χ0) is 15.3. The maximum absolute atomic E-state index is 12.0. The van der Waals surface area contributed by atoms with Crippen LogP contribution in [0, 0.1) is 12.8 Å². The first-order valence-electron chi connectivity index (χ1n) is 7.65. The molecule has 4 nitrogen and oxygen atoms in total. The normalized spacial score (nSPS) is 26.7. The lowest BCUT2D eigenvalue weighted by molar-refractivity contribution is -0.130. The first-order valence-corrected chi connectivity index (χ1v) is 8.47. The molecule has 5 heteroatoms. The van der Waals surface area contributed by atoms with E-state index < -0.39 is 0 Å². The lowest BCUT2D eigenvalue weighted by atomic mass is 10.1. The number of hydrogen-bond donors (Lipinski definition) is 2. The Morgan fingerprint density at radius 1 is 1.32 bits per heavy atom. The zero-order valence-electron chi connectivity index (χ0n) is 12.3. The lowest BCUT2D eigenvalue weighted by Gasteiger charge is -2.03. The highest BCUT2D eigenvalue weighted by Crippen LogP contribution is 2.62. The summed E-state index contributed by atoms with van der Waals surface area (Å²) in [6.45, 7) is 2.07. The van der Waals surface area contributed by atoms with Gasteiger partial charge in [-0.25, -0.2) is 5.48 Å². The van der Waals surface area contributed by atoms with Crippen LogP contribution in [0.15, 0.2) is 30.5 Å². The number of carbonyl (C=O) groups is 1. The van der Waals surface area contributed by atoms with Gasteiger partial charge in [0.05, 0.1) is 5.92 Å². The molecular weight excluding hydrogens is 296 g/mol. The quantitative estimate of drug-likeness (QED) is 0.672. The van der Waals surface area contributed by atoms with E-state index in [1.54, 1.807) is 11.3 Å². The third-order valence-electron chi connectivity index (χ3n) is 4.71. The number of hydrogen-bond acceptors (Lipinski definition) is 4. The summed E-state index contributed by atoms with van der Waals surface area (Å²) < 4.78 is 0. The monoisotopic (exact) mass is 314 g/mol. The second-order valence-corrected chi connectivity index (χ2v) is 7.61. The van der Waals surface area contributed by atoms with Crippen LogP contribution >= 0.6 is 11.3 Å². The SMILES string of the molecule is Cc1ccc([C@H]2[C@@H](C(=O)NO)[C@@H]2c2ccnc(C3CC3)c2)s1. The fraction of sp³-hybridized carbons (Fsp3) is 0.412. The highest BCUT2D eigenvalue weighted by atomic mass is 32.1. The van der Waals surface area contributed by atoms with E-state index in [0.717, 1.165) is 5.69 Å². The number of rotatable bonds is 4. The molecule has 2 aliphatic carbocycles. The van der Waals surface area contributed by atoms with Crippen molar-refractivity contribution in [3.63, 3.8) is 0 Å². The van der Waals surface area contributed by atoms with Crippen molar-refractivity contribution >= 4 is 17.2 Å². The number of nitrogens with one attached hydrogen (secondary N) is 1. The Bertz CT molecular complexity index is 723. The van der Waals surface area contributed by atoms with E-state index in [2.05, 4.69) is 30.1 Å². The van der Waals surface area contributed by atoms with E-state index in [9.17, 15) is 4.79 Å². The van der Waals surface area contributed by atoms with Crippen molar-refractivity contribution < 1.29 is 10.0 Å². The predicted molar refractivity (Wildman–Crippen MR) is 84.2 cm³/mol. The van der Waals surface area contributed by atoms with Crippen LogP contribution in [0.2, 0.25) is 0 Å². The molecule has 2 N–H and O–H groups in total. The molecule has 2 heterocycles. The van der Waals surface area contributed by atoms with Gasteiger partial charge in [0.25, 0.3) is 0 Å². The van der Waals surface area contributed by atoms with Crippen LogP contribution in [-0.4, -0.2) is 16.1 Å². The maximum atomic E-state index is 12.0. The molecule has 114 valence electrons. The van der Waals surface area contributed by atoms with Crippen LogP contribution in [0.4, 0.5) is 0 Å². The number of carbonyl (C=O) groups excluding carboxylic acids is 1. The number of aryl methyl sites for hydroxylation is 1. The van der Waals surface area contributed by atoms with Crippen molar-refractivity contribution in [2.75, 3.05) is 0 Å². The van der Waals surface area contributed by atoms with Crippen LogP contribution in [0.5, 0.6) is 0 Å². The summed E-state index contributed by atoms with van der Waals surface area (Å²) in [5.41, 5.74) is 4.15. The van der Waals surface area contributed by atoms with Crippen LogP contribution < -0.4 is 5.48 Å². The highest BCUT2D eigenvalue weighted by molar-refractivity contribution is 7.12. The molecule has 2 saturated carbocycles. The summed E-state index contributed by atoms with van der Waals surface area (Å²) in [4.78, 5) is 18.9. The smallest absolute Gasteiger partial charge is 0.247 e. The van der Waals surface area contributed by atoms with Crippen molar-refractivity contribution in [2.24, 2.45) is 5.92 Å². The van der Waals surface area contributed by atoms with Gasteiger partial charge in [-0.05, 0) is 49.6 Å². The van der Waals surface area contributed by atoms with E-state index in [4.69, 9.17) is 5.21 Å². The largest absolute Gasteiger partial charge is 0.289 e. The predicted octanol–water partition coefficient (Wildman–Crippen LogP) is 3.33. The topological polar surface area (TPSA) is 62.2 Å². The average molecular weight is 314 g/mol. The Kier molecular flexibility index (Phi) is 3.27. The van der Waals surface area contributed by atoms with Crippen molar-refractivity contribution in [1.29, 1.82) is 0 Å². The van der Waals surface area contributed by atoms with Gasteiger partial charge >= 0.3 is 0 Å². The van der Waals surface area contributed by atoms with E-state index >= 15 is 0 Å². The van der Waals surface area contributed by atoms with Gasteiger partial charge in [0, 0.05) is 39.4 Å². The number of amides is 1. The molecule has 2 fully saturated rings. The second kappa shape index (κ2) is 5.18. The minimum absolute atomic E-state index is 0.144. The minimum Gasteiger partial charge on any atom is -0.289 e. The van der Waals surface area contributed by atoms with Crippen molar-refractivity contribution in [3.8, 4) is 0 Å². The van der Waals surface area contributed by atoms with Crippen LogP contribution in [0.25, 0.3) is 0 Å². The summed E-state index contributed by atoms with van der Waals surface area (Å²) in [6, 6.07) is 8.35. The third kappa shape index (κ3) is 2.34. The molecule has 2 aromatic rings. The van der Waals surface area contributed by atoms with Gasteiger partial charge in [0.1, 0.15) is 0 Å². The Morgan fingerprint density at radius 3 is 2.77 bits per heavy atom. The maximum Gasteiger partial charge on any atom is 0.247 e. The van der Waals surface area contributed by atoms with E-state index in [1.165, 1.54) is 28.2 Å². The summed E-state index contributed by atoms with van der Waals surface area (Å²) in [7, 11) is 0. The number of nitrogens with zero attached hydrogens (tertiary/aromatic N) is 1. The molecule has 0 spiro atoms. The molecule has 0 saturated heterocycles. The van der Waals surface area contributed by atoms with Crippen molar-refractivity contribution in [3.05, 3.63) is 51.5 Å². The van der Waals surface area contributed by atoms with Crippen LogP contribution in [-0.2, 0) is 4.79 Å². The molecule has 4 rings (SSSR count). The van der Waals surface area contributed by atoms with Crippen LogP contribution in [0.3, 0.4) is 0 Å². The number of aromatic nitrogens is 1. The Labute approximate surface area is 133 Å². The van der Waals surface area contributed by atoms with E-state index in [1.807, 2.05) is 17.7 Å². The minimum atomic E-state index is -0.286. The van der Waals surface area contributed by atoms with E-state index in [0.29, 0.717) is 5.92 Å². The first-order chi connectivity index (χ1) is 10.7. The molecule has 0 bridgehead atoms. The molecule has 0 aliphatic heterocycles. The lowest BCUT2D eigenvalue weighted by Crippen LogP contribution is -2.21. The van der Waals surface area contributed by atoms with Gasteiger partial charge < -0.3 is 0 Å². The number of thiophene rings is 1. The molecule has 0 aromatic carbocycles. The van der Waals surface area contributed by atoms with Gasteiger partial charge in [-0.1, -0.05) is 0 Å². The van der Waals surface area contributed by atoms with Gasteiger partial charge in [-0.2, -0.15) is 0 Å².